The van der Waals surface area contributed by atoms with Crippen molar-refractivity contribution in [2.24, 2.45) is 5.10 Å². The highest BCUT2D eigenvalue weighted by Crippen LogP contribution is 2.28. The van der Waals surface area contributed by atoms with Crippen LogP contribution in [0.3, 0.4) is 0 Å². The Hall–Kier alpha value is -3.09. The third kappa shape index (κ3) is 5.80. The minimum absolute atomic E-state index is 0.0399. The standard InChI is InChI=1S/C18H22N4O3/c1-4-24-16-11-14(12-20-21-17-7-5-6-10-19-17)8-9-15(16)25-13-18(23)22(2)3/h5-12H,4,13H2,1-3H3,(H,19,21)/b20-12+. The molecule has 1 aromatic heterocycles. The quantitative estimate of drug-likeness (QED) is 0.589. The molecular weight excluding hydrogens is 320 g/mol. The van der Waals surface area contributed by atoms with Crippen molar-refractivity contribution in [2.75, 3.05) is 32.7 Å². The number of ether oxygens (including phenoxy) is 2. The molecule has 2 rings (SSSR count). The molecule has 0 aliphatic carbocycles. The first-order valence-electron chi connectivity index (χ1n) is 7.90. The Labute approximate surface area is 147 Å². The molecule has 0 bridgehead atoms. The van der Waals surface area contributed by atoms with E-state index in [0.29, 0.717) is 23.9 Å². The predicted octanol–water partition coefficient (Wildman–Crippen LogP) is 2.39. The number of hydrogen-bond acceptors (Lipinski definition) is 6. The van der Waals surface area contributed by atoms with Gasteiger partial charge in [-0.3, -0.25) is 10.2 Å². The van der Waals surface area contributed by atoms with Crippen LogP contribution in [0.1, 0.15) is 12.5 Å². The average Bonchev–Trinajstić information content (AvgIpc) is 2.62. The summed E-state index contributed by atoms with van der Waals surface area (Å²) in [7, 11) is 3.37. The van der Waals surface area contributed by atoms with Gasteiger partial charge in [0.25, 0.3) is 5.91 Å². The van der Waals surface area contributed by atoms with E-state index in [1.807, 2.05) is 37.3 Å². The molecule has 0 aliphatic rings. The predicted molar refractivity (Wildman–Crippen MR) is 97.3 cm³/mol. The minimum atomic E-state index is -0.118. The van der Waals surface area contributed by atoms with Crippen molar-refractivity contribution in [3.05, 3.63) is 48.2 Å². The number of anilines is 1. The number of carbonyl (C=O) groups excluding carboxylic acids is 1. The molecule has 7 heteroatoms. The van der Waals surface area contributed by atoms with Crippen LogP contribution in [0.15, 0.2) is 47.7 Å². The number of nitrogens with zero attached hydrogens (tertiary/aromatic N) is 3. The maximum Gasteiger partial charge on any atom is 0.259 e. The maximum atomic E-state index is 11.7. The number of likely N-dealkylation sites (N-methyl/N-ethyl adjacent to an activating group) is 1. The fraction of sp³-hybridized carbons (Fsp3) is 0.278. The van der Waals surface area contributed by atoms with Crippen LogP contribution in [-0.2, 0) is 4.79 Å². The zero-order valence-electron chi connectivity index (χ0n) is 14.6. The minimum Gasteiger partial charge on any atom is -0.490 e. The van der Waals surface area contributed by atoms with Gasteiger partial charge in [0.1, 0.15) is 5.82 Å². The maximum absolute atomic E-state index is 11.7. The Kier molecular flexibility index (Phi) is 6.76. The van der Waals surface area contributed by atoms with Gasteiger partial charge >= 0.3 is 0 Å². The molecule has 0 atom stereocenters. The van der Waals surface area contributed by atoms with Crippen LogP contribution < -0.4 is 14.9 Å². The number of benzene rings is 1. The van der Waals surface area contributed by atoms with Gasteiger partial charge in [0.15, 0.2) is 18.1 Å². The first kappa shape index (κ1) is 18.3. The molecule has 0 unspecified atom stereocenters. The molecule has 0 radical (unpaired) electrons. The summed E-state index contributed by atoms with van der Waals surface area (Å²) in [5.41, 5.74) is 3.68. The molecule has 7 nitrogen and oxygen atoms in total. The van der Waals surface area contributed by atoms with Gasteiger partial charge in [-0.05, 0) is 42.8 Å². The van der Waals surface area contributed by atoms with E-state index in [4.69, 9.17) is 9.47 Å². The van der Waals surface area contributed by atoms with E-state index in [1.54, 1.807) is 32.6 Å². The summed E-state index contributed by atoms with van der Waals surface area (Å²) >= 11 is 0. The summed E-state index contributed by atoms with van der Waals surface area (Å²) in [6.45, 7) is 2.34. The zero-order valence-corrected chi connectivity index (χ0v) is 14.6. The molecule has 0 saturated heterocycles. The van der Waals surface area contributed by atoms with Gasteiger partial charge in [-0.15, -0.1) is 0 Å². The molecule has 0 saturated carbocycles. The topological polar surface area (TPSA) is 76.0 Å². The number of nitrogens with one attached hydrogen (secondary N) is 1. The Bertz CT molecular complexity index is 718. The van der Waals surface area contributed by atoms with E-state index < -0.39 is 0 Å². The Morgan fingerprint density at radius 3 is 2.76 bits per heavy atom. The summed E-state index contributed by atoms with van der Waals surface area (Å²) in [6.07, 6.45) is 3.35. The lowest BCUT2D eigenvalue weighted by Gasteiger charge is -2.14. The van der Waals surface area contributed by atoms with Crippen LogP contribution in [-0.4, -0.2) is 49.3 Å². The van der Waals surface area contributed by atoms with Gasteiger partial charge in [-0.2, -0.15) is 5.10 Å². The van der Waals surface area contributed by atoms with Crippen LogP contribution in [0.25, 0.3) is 0 Å². The fourth-order valence-corrected chi connectivity index (χ4v) is 1.86. The van der Waals surface area contributed by atoms with Gasteiger partial charge < -0.3 is 14.4 Å². The molecule has 1 N–H and O–H groups in total. The highest BCUT2D eigenvalue weighted by molar-refractivity contribution is 5.81. The van der Waals surface area contributed by atoms with Crippen molar-refractivity contribution in [3.8, 4) is 11.5 Å². The lowest BCUT2D eigenvalue weighted by atomic mass is 10.2. The van der Waals surface area contributed by atoms with Crippen molar-refractivity contribution in [2.45, 2.75) is 6.92 Å². The number of pyridine rings is 1. The SMILES string of the molecule is CCOc1cc(/C=N/Nc2ccccn2)ccc1OCC(=O)N(C)C. The Balaban J connectivity index is 2.05. The lowest BCUT2D eigenvalue weighted by molar-refractivity contribution is -0.130. The van der Waals surface area contributed by atoms with Crippen LogP contribution >= 0.6 is 0 Å². The van der Waals surface area contributed by atoms with Crippen LogP contribution in [0.4, 0.5) is 5.82 Å². The number of hydrazone groups is 1. The van der Waals surface area contributed by atoms with Gasteiger partial charge in [-0.1, -0.05) is 6.07 Å². The number of aromatic nitrogens is 1. The molecule has 1 heterocycles. The van der Waals surface area contributed by atoms with Gasteiger partial charge in [0.05, 0.1) is 12.8 Å². The number of carbonyl (C=O) groups is 1. The van der Waals surface area contributed by atoms with E-state index in [2.05, 4.69) is 15.5 Å². The lowest BCUT2D eigenvalue weighted by Crippen LogP contribution is -2.27. The first-order chi connectivity index (χ1) is 12.1. The summed E-state index contributed by atoms with van der Waals surface area (Å²) in [6, 6.07) is 10.9. The monoisotopic (exact) mass is 342 g/mol. The second-order valence-electron chi connectivity index (χ2n) is 5.30. The van der Waals surface area contributed by atoms with Gasteiger partial charge in [-0.25, -0.2) is 4.98 Å². The molecule has 0 spiro atoms. The van der Waals surface area contributed by atoms with E-state index in [1.165, 1.54) is 4.90 Å². The van der Waals surface area contributed by atoms with Crippen molar-refractivity contribution in [3.63, 3.8) is 0 Å². The number of amides is 1. The van der Waals surface area contributed by atoms with Gasteiger partial charge in [0.2, 0.25) is 0 Å². The third-order valence-corrected chi connectivity index (χ3v) is 3.18. The van der Waals surface area contributed by atoms with E-state index in [0.717, 1.165) is 5.56 Å². The van der Waals surface area contributed by atoms with Gasteiger partial charge in [0, 0.05) is 20.3 Å². The van der Waals surface area contributed by atoms with Crippen molar-refractivity contribution in [1.29, 1.82) is 0 Å². The average molecular weight is 342 g/mol. The van der Waals surface area contributed by atoms with Crippen LogP contribution in [0.2, 0.25) is 0 Å². The molecule has 25 heavy (non-hydrogen) atoms. The van der Waals surface area contributed by atoms with E-state index in [-0.39, 0.29) is 12.5 Å². The second kappa shape index (κ2) is 9.27. The summed E-state index contributed by atoms with van der Waals surface area (Å²) < 4.78 is 11.1. The highest BCUT2D eigenvalue weighted by Gasteiger charge is 2.10. The molecule has 2 aromatic rings. The molecule has 1 amide bonds. The number of rotatable bonds is 8. The Morgan fingerprint density at radius 2 is 2.08 bits per heavy atom. The molecule has 1 aromatic carbocycles. The third-order valence-electron chi connectivity index (χ3n) is 3.18. The highest BCUT2D eigenvalue weighted by atomic mass is 16.5. The fourth-order valence-electron chi connectivity index (χ4n) is 1.86. The van der Waals surface area contributed by atoms with Crippen LogP contribution in [0, 0.1) is 0 Å². The van der Waals surface area contributed by atoms with Crippen molar-refractivity contribution in [1.82, 2.24) is 9.88 Å². The molecule has 132 valence electrons. The summed E-state index contributed by atoms with van der Waals surface area (Å²) in [5, 5.41) is 4.15. The summed E-state index contributed by atoms with van der Waals surface area (Å²) in [5.74, 6) is 1.63. The smallest absolute Gasteiger partial charge is 0.259 e. The first-order valence-corrected chi connectivity index (χ1v) is 7.90. The molecule has 0 aliphatic heterocycles. The largest absolute Gasteiger partial charge is 0.490 e. The summed E-state index contributed by atoms with van der Waals surface area (Å²) in [4.78, 5) is 17.3. The number of hydrogen-bond donors (Lipinski definition) is 1. The van der Waals surface area contributed by atoms with E-state index >= 15 is 0 Å². The van der Waals surface area contributed by atoms with E-state index in [9.17, 15) is 4.79 Å². The molecule has 0 fully saturated rings. The van der Waals surface area contributed by atoms with Crippen molar-refractivity contribution < 1.29 is 14.3 Å². The van der Waals surface area contributed by atoms with Crippen LogP contribution in [0.5, 0.6) is 11.5 Å². The molecular formula is C18H22N4O3. The second-order valence-corrected chi connectivity index (χ2v) is 5.30. The zero-order chi connectivity index (χ0) is 18.1. The normalized spacial score (nSPS) is 10.5. The van der Waals surface area contributed by atoms with Crippen molar-refractivity contribution >= 4 is 17.9 Å². The Morgan fingerprint density at radius 1 is 1.24 bits per heavy atom.